The van der Waals surface area contributed by atoms with Crippen LogP contribution in [0.15, 0.2) is 54.7 Å². The fraction of sp³-hybridized carbons (Fsp3) is 0.333. The SMILES string of the molecule is COc1cc(F)c(-c2ccc(C(=O)O)cc2C)cc1-c1cnc(N2CC(OC)C2)nc1CN1C(=O)O[C@H](c2cc(C)cc(C(F)(F)F)c2)[C@@H]1C. The second kappa shape index (κ2) is 13.2. The molecule has 1 N–H and O–H groups in total. The zero-order valence-corrected chi connectivity index (χ0v) is 27.8. The quantitative estimate of drug-likeness (QED) is 0.182. The van der Waals surface area contributed by atoms with Crippen LogP contribution in [0.5, 0.6) is 5.75 Å². The number of alkyl halides is 3. The first-order valence-corrected chi connectivity index (χ1v) is 15.7. The molecule has 3 heterocycles. The lowest BCUT2D eigenvalue weighted by Gasteiger charge is -2.38. The largest absolute Gasteiger partial charge is 0.496 e. The standard InChI is InChI=1S/C36H34F4N4O6/c1-18-8-22(11-23(9-18)36(38,39)40)32-20(3)44(35(47)50-32)17-30-28(14-41-34(42-30)43-15-24(16-43)48-4)27-12-26(29(37)13-31(27)49-5)25-7-6-21(33(45)46)10-19(25)2/h6-14,20,24,32H,15-17H2,1-5H3,(H,45,46)/t20-,32-/m0/s1. The summed E-state index contributed by atoms with van der Waals surface area (Å²) in [5.74, 6) is -1.21. The van der Waals surface area contributed by atoms with E-state index in [0.29, 0.717) is 52.5 Å². The van der Waals surface area contributed by atoms with E-state index in [1.807, 2.05) is 4.90 Å². The van der Waals surface area contributed by atoms with Gasteiger partial charge >= 0.3 is 18.2 Å². The lowest BCUT2D eigenvalue weighted by atomic mass is 9.93. The summed E-state index contributed by atoms with van der Waals surface area (Å²) in [7, 11) is 2.99. The third-order valence-corrected chi connectivity index (χ3v) is 9.13. The average molecular weight is 695 g/mol. The van der Waals surface area contributed by atoms with Crippen molar-refractivity contribution in [2.24, 2.45) is 0 Å². The van der Waals surface area contributed by atoms with Crippen molar-refractivity contribution in [1.29, 1.82) is 0 Å². The summed E-state index contributed by atoms with van der Waals surface area (Å²) in [5, 5.41) is 9.42. The maximum Gasteiger partial charge on any atom is 0.416 e. The van der Waals surface area contributed by atoms with Crippen molar-refractivity contribution in [2.45, 2.75) is 51.7 Å². The maximum atomic E-state index is 15.6. The number of carbonyl (C=O) groups excluding carboxylic acids is 1. The Morgan fingerprint density at radius 2 is 1.76 bits per heavy atom. The van der Waals surface area contributed by atoms with Crippen LogP contribution in [-0.2, 0) is 22.2 Å². The molecule has 0 radical (unpaired) electrons. The van der Waals surface area contributed by atoms with Gasteiger partial charge in [0.1, 0.15) is 17.7 Å². The van der Waals surface area contributed by atoms with Gasteiger partial charge in [0, 0.05) is 49.2 Å². The minimum absolute atomic E-state index is 0.0116. The van der Waals surface area contributed by atoms with Crippen LogP contribution < -0.4 is 9.64 Å². The van der Waals surface area contributed by atoms with E-state index >= 15 is 4.39 Å². The normalized spacial score (nSPS) is 17.9. The topological polar surface area (TPSA) is 114 Å². The van der Waals surface area contributed by atoms with E-state index in [9.17, 15) is 27.9 Å². The van der Waals surface area contributed by atoms with E-state index in [4.69, 9.17) is 19.2 Å². The van der Waals surface area contributed by atoms with Crippen LogP contribution in [0.1, 0.15) is 51.3 Å². The molecule has 2 aliphatic rings. The van der Waals surface area contributed by atoms with Crippen LogP contribution >= 0.6 is 0 Å². The molecule has 50 heavy (non-hydrogen) atoms. The Bertz CT molecular complexity index is 1980. The molecular formula is C36H34F4N4O6. The van der Waals surface area contributed by atoms with Gasteiger partial charge in [0.15, 0.2) is 0 Å². The number of hydrogen-bond donors (Lipinski definition) is 1. The number of hydrogen-bond acceptors (Lipinski definition) is 8. The number of carboxylic acids is 1. The number of carboxylic acid groups (broad SMARTS) is 1. The molecular weight excluding hydrogens is 660 g/mol. The van der Waals surface area contributed by atoms with E-state index in [-0.39, 0.29) is 35.1 Å². The molecule has 262 valence electrons. The molecule has 0 spiro atoms. The zero-order chi connectivity index (χ0) is 36.1. The van der Waals surface area contributed by atoms with E-state index < -0.39 is 41.8 Å². The van der Waals surface area contributed by atoms with Crippen LogP contribution in [0.25, 0.3) is 22.3 Å². The lowest BCUT2D eigenvalue weighted by Crippen LogP contribution is -2.52. The molecule has 2 saturated heterocycles. The molecule has 10 nitrogen and oxygen atoms in total. The van der Waals surface area contributed by atoms with E-state index in [2.05, 4.69) is 4.98 Å². The molecule has 0 unspecified atom stereocenters. The average Bonchev–Trinajstić information content (AvgIpc) is 3.32. The Morgan fingerprint density at radius 1 is 1.02 bits per heavy atom. The highest BCUT2D eigenvalue weighted by molar-refractivity contribution is 5.89. The number of amides is 1. The molecule has 14 heteroatoms. The second-order valence-corrected chi connectivity index (χ2v) is 12.5. The van der Waals surface area contributed by atoms with E-state index in [0.717, 1.165) is 12.1 Å². The van der Waals surface area contributed by atoms with Gasteiger partial charge in [-0.3, -0.25) is 4.90 Å². The number of cyclic esters (lactones) is 1. The first-order chi connectivity index (χ1) is 23.7. The van der Waals surface area contributed by atoms with Gasteiger partial charge in [-0.1, -0.05) is 17.7 Å². The molecule has 2 atom stereocenters. The number of halogens is 4. The van der Waals surface area contributed by atoms with Gasteiger partial charge in [-0.25, -0.2) is 23.9 Å². The number of methoxy groups -OCH3 is 2. The summed E-state index contributed by atoms with van der Waals surface area (Å²) in [4.78, 5) is 37.6. The molecule has 0 aliphatic carbocycles. The molecule has 2 aliphatic heterocycles. The monoisotopic (exact) mass is 694 g/mol. The summed E-state index contributed by atoms with van der Waals surface area (Å²) in [5.41, 5.74) is 2.12. The predicted octanol–water partition coefficient (Wildman–Crippen LogP) is 7.21. The summed E-state index contributed by atoms with van der Waals surface area (Å²) >= 11 is 0. The molecule has 1 aromatic heterocycles. The highest BCUT2D eigenvalue weighted by Gasteiger charge is 2.42. The number of benzene rings is 3. The predicted molar refractivity (Wildman–Crippen MR) is 175 cm³/mol. The van der Waals surface area contributed by atoms with E-state index in [1.165, 1.54) is 36.3 Å². The summed E-state index contributed by atoms with van der Waals surface area (Å²) in [6, 6.07) is 10.0. The fourth-order valence-electron chi connectivity index (χ4n) is 6.36. The number of aromatic nitrogens is 2. The lowest BCUT2D eigenvalue weighted by molar-refractivity contribution is -0.137. The van der Waals surface area contributed by atoms with Crippen LogP contribution in [0.4, 0.5) is 28.3 Å². The molecule has 4 aromatic rings. The summed E-state index contributed by atoms with van der Waals surface area (Å²) in [6.45, 7) is 5.85. The highest BCUT2D eigenvalue weighted by Crippen LogP contribution is 2.41. The van der Waals surface area contributed by atoms with Gasteiger partial charge in [-0.05, 0) is 67.8 Å². The Balaban J connectivity index is 1.42. The Kier molecular flexibility index (Phi) is 9.16. The van der Waals surface area contributed by atoms with Gasteiger partial charge in [0.25, 0.3) is 0 Å². The molecule has 1 amide bonds. The molecule has 2 fully saturated rings. The summed E-state index contributed by atoms with van der Waals surface area (Å²) in [6.07, 6.45) is -4.77. The fourth-order valence-corrected chi connectivity index (χ4v) is 6.36. The first-order valence-electron chi connectivity index (χ1n) is 15.7. The van der Waals surface area contributed by atoms with Crippen molar-refractivity contribution in [3.05, 3.63) is 94.1 Å². The van der Waals surface area contributed by atoms with Gasteiger partial charge in [-0.2, -0.15) is 13.2 Å². The number of nitrogens with zero attached hydrogens (tertiary/aromatic N) is 4. The maximum absolute atomic E-state index is 15.6. The number of ether oxygens (including phenoxy) is 3. The summed E-state index contributed by atoms with van der Waals surface area (Å²) < 4.78 is 73.2. The van der Waals surface area contributed by atoms with Crippen molar-refractivity contribution in [3.8, 4) is 28.0 Å². The minimum atomic E-state index is -4.58. The van der Waals surface area contributed by atoms with Crippen molar-refractivity contribution in [1.82, 2.24) is 14.9 Å². The van der Waals surface area contributed by atoms with Gasteiger partial charge < -0.3 is 24.2 Å². The Labute approximate surface area is 285 Å². The number of carbonyl (C=O) groups is 2. The van der Waals surface area contributed by atoms with E-state index in [1.54, 1.807) is 46.2 Å². The number of aromatic carboxylic acids is 1. The zero-order valence-electron chi connectivity index (χ0n) is 27.8. The molecule has 6 rings (SSSR count). The van der Waals surface area contributed by atoms with Crippen molar-refractivity contribution in [2.75, 3.05) is 32.2 Å². The number of aryl methyl sites for hydroxylation is 2. The molecule has 3 aromatic carbocycles. The van der Waals surface area contributed by atoms with Gasteiger partial charge in [-0.15, -0.1) is 0 Å². The van der Waals surface area contributed by atoms with Crippen molar-refractivity contribution in [3.63, 3.8) is 0 Å². The number of anilines is 1. The van der Waals surface area contributed by atoms with Crippen LogP contribution in [0.2, 0.25) is 0 Å². The van der Waals surface area contributed by atoms with Crippen LogP contribution in [0.3, 0.4) is 0 Å². The van der Waals surface area contributed by atoms with Crippen molar-refractivity contribution >= 4 is 18.0 Å². The van der Waals surface area contributed by atoms with Crippen molar-refractivity contribution < 1.29 is 46.5 Å². The highest BCUT2D eigenvalue weighted by atomic mass is 19.4. The third kappa shape index (κ3) is 6.54. The van der Waals surface area contributed by atoms with Crippen LogP contribution in [0, 0.1) is 19.7 Å². The Hall–Kier alpha value is -5.24. The smallest absolute Gasteiger partial charge is 0.416 e. The number of rotatable bonds is 9. The van der Waals surface area contributed by atoms with Crippen LogP contribution in [-0.4, -0.2) is 71.5 Å². The molecule has 0 bridgehead atoms. The van der Waals surface area contributed by atoms with Gasteiger partial charge in [0.05, 0.1) is 42.6 Å². The minimum Gasteiger partial charge on any atom is -0.496 e. The van der Waals surface area contributed by atoms with Gasteiger partial charge in [0.2, 0.25) is 5.95 Å². The Morgan fingerprint density at radius 3 is 2.40 bits per heavy atom. The second-order valence-electron chi connectivity index (χ2n) is 12.5. The first kappa shape index (κ1) is 34.6. The third-order valence-electron chi connectivity index (χ3n) is 9.13. The molecule has 0 saturated carbocycles.